The van der Waals surface area contributed by atoms with Crippen LogP contribution in [0.1, 0.15) is 23.9 Å². The number of aryl methyl sites for hydroxylation is 1. The fourth-order valence-electron chi connectivity index (χ4n) is 7.14. The molecular formula is C36H26N4. The van der Waals surface area contributed by atoms with Crippen molar-refractivity contribution in [1.82, 2.24) is 19.1 Å². The van der Waals surface area contributed by atoms with Crippen LogP contribution in [0.15, 0.2) is 103 Å². The highest BCUT2D eigenvalue weighted by molar-refractivity contribution is 6.25. The van der Waals surface area contributed by atoms with Crippen LogP contribution in [0, 0.1) is 0 Å². The van der Waals surface area contributed by atoms with Gasteiger partial charge in [-0.15, -0.1) is 0 Å². The summed E-state index contributed by atoms with van der Waals surface area (Å²) in [6.45, 7) is 3.77. The molecule has 0 fully saturated rings. The standard InChI is InChI=1S/C36H26N4/c1-2-39-29-16-7-5-13-25(29)26-18-19-31-34(36(26)39)27-14-6-8-17-30(27)40(31)21-32-37-28-15-9-11-23-20-22-10-3-4-12-24(22)35(38-32)33(23)28/h3-19H,2,20-21H2,1H3. The molecule has 0 atom stereocenters. The number of hydrogen-bond donors (Lipinski definition) is 0. The predicted molar refractivity (Wildman–Crippen MR) is 165 cm³/mol. The fraction of sp³-hybridized carbons (Fsp3) is 0.111. The summed E-state index contributed by atoms with van der Waals surface area (Å²) >= 11 is 0. The average molecular weight is 515 g/mol. The van der Waals surface area contributed by atoms with E-state index in [0.29, 0.717) is 6.54 Å². The molecule has 0 bridgehead atoms. The summed E-state index contributed by atoms with van der Waals surface area (Å²) in [4.78, 5) is 10.4. The second kappa shape index (κ2) is 8.03. The van der Waals surface area contributed by atoms with Crippen LogP contribution in [0.3, 0.4) is 0 Å². The monoisotopic (exact) mass is 514 g/mol. The van der Waals surface area contributed by atoms with Crippen molar-refractivity contribution in [3.8, 4) is 11.3 Å². The van der Waals surface area contributed by atoms with Gasteiger partial charge in [0.2, 0.25) is 0 Å². The number of fused-ring (bicyclic) bond motifs is 9. The van der Waals surface area contributed by atoms with Gasteiger partial charge in [-0.2, -0.15) is 0 Å². The van der Waals surface area contributed by atoms with E-state index in [1.807, 2.05) is 0 Å². The summed E-state index contributed by atoms with van der Waals surface area (Å²) < 4.78 is 4.88. The van der Waals surface area contributed by atoms with Crippen LogP contribution in [0.4, 0.5) is 0 Å². The highest BCUT2D eigenvalue weighted by atomic mass is 15.0. The molecule has 4 heteroatoms. The Balaban J connectivity index is 1.33. The molecule has 0 unspecified atom stereocenters. The molecule has 0 saturated heterocycles. The zero-order valence-electron chi connectivity index (χ0n) is 22.2. The molecule has 0 amide bonds. The van der Waals surface area contributed by atoms with Crippen LogP contribution in [0.2, 0.25) is 0 Å². The summed E-state index contributed by atoms with van der Waals surface area (Å²) in [7, 11) is 0. The Labute approximate surface area is 231 Å². The van der Waals surface area contributed by atoms with Gasteiger partial charge in [0.15, 0.2) is 0 Å². The van der Waals surface area contributed by atoms with E-state index in [-0.39, 0.29) is 0 Å². The largest absolute Gasteiger partial charge is 0.340 e. The molecule has 4 nitrogen and oxygen atoms in total. The van der Waals surface area contributed by atoms with Crippen molar-refractivity contribution >= 4 is 54.5 Å². The lowest BCUT2D eigenvalue weighted by Gasteiger charge is -2.20. The summed E-state index contributed by atoms with van der Waals surface area (Å²) in [6.07, 6.45) is 0.928. The first-order chi connectivity index (χ1) is 19.8. The van der Waals surface area contributed by atoms with Crippen molar-refractivity contribution < 1.29 is 0 Å². The first kappa shape index (κ1) is 21.9. The minimum atomic E-state index is 0.608. The third kappa shape index (κ3) is 2.85. The van der Waals surface area contributed by atoms with Gasteiger partial charge in [-0.05, 0) is 48.7 Å². The molecular weight excluding hydrogens is 488 g/mol. The van der Waals surface area contributed by atoms with E-state index in [1.165, 1.54) is 65.7 Å². The quantitative estimate of drug-likeness (QED) is 0.237. The maximum absolute atomic E-state index is 5.25. The Hall–Kier alpha value is -4.96. The number of benzene rings is 5. The van der Waals surface area contributed by atoms with Crippen molar-refractivity contribution in [1.29, 1.82) is 0 Å². The molecule has 0 radical (unpaired) electrons. The van der Waals surface area contributed by atoms with E-state index < -0.39 is 0 Å². The van der Waals surface area contributed by atoms with Gasteiger partial charge in [0.25, 0.3) is 0 Å². The molecule has 0 aliphatic heterocycles. The van der Waals surface area contributed by atoms with Gasteiger partial charge >= 0.3 is 0 Å². The zero-order valence-corrected chi connectivity index (χ0v) is 22.2. The van der Waals surface area contributed by atoms with Gasteiger partial charge in [0, 0.05) is 50.1 Å². The van der Waals surface area contributed by atoms with E-state index in [9.17, 15) is 0 Å². The Kier molecular flexibility index (Phi) is 4.40. The Morgan fingerprint density at radius 1 is 0.600 bits per heavy atom. The highest BCUT2D eigenvalue weighted by Crippen LogP contribution is 2.41. The summed E-state index contributed by atoms with van der Waals surface area (Å²) in [6, 6.07) is 37.3. The molecule has 190 valence electrons. The predicted octanol–water partition coefficient (Wildman–Crippen LogP) is 8.49. The second-order valence-corrected chi connectivity index (χ2v) is 10.9. The van der Waals surface area contributed by atoms with Gasteiger partial charge in [0.05, 0.1) is 28.8 Å². The van der Waals surface area contributed by atoms with E-state index in [1.54, 1.807) is 0 Å². The lowest BCUT2D eigenvalue weighted by Crippen LogP contribution is -2.09. The highest BCUT2D eigenvalue weighted by Gasteiger charge is 2.23. The topological polar surface area (TPSA) is 35.6 Å². The summed E-state index contributed by atoms with van der Waals surface area (Å²) in [5.74, 6) is 0.843. The SMILES string of the molecule is CCn1c2ccccc2c2ccc3c(c4ccccc4n3Cc3nc4c5c(cccc5n3)Cc3ccccc3-4)c21. The molecule has 0 saturated carbocycles. The van der Waals surface area contributed by atoms with Crippen LogP contribution < -0.4 is 0 Å². The first-order valence-electron chi connectivity index (χ1n) is 14.1. The fourth-order valence-corrected chi connectivity index (χ4v) is 7.14. The van der Waals surface area contributed by atoms with Crippen molar-refractivity contribution in [2.75, 3.05) is 0 Å². The lowest BCUT2D eigenvalue weighted by atomic mass is 9.88. The number of nitrogens with zero attached hydrogens (tertiary/aromatic N) is 4. The number of hydrogen-bond acceptors (Lipinski definition) is 2. The van der Waals surface area contributed by atoms with E-state index >= 15 is 0 Å². The van der Waals surface area contributed by atoms with E-state index in [0.717, 1.165) is 30.0 Å². The number of aromatic nitrogens is 4. The van der Waals surface area contributed by atoms with E-state index in [2.05, 4.69) is 119 Å². The second-order valence-electron chi connectivity index (χ2n) is 10.9. The molecule has 8 aromatic rings. The molecule has 1 aliphatic carbocycles. The van der Waals surface area contributed by atoms with Crippen LogP contribution in [0.25, 0.3) is 65.8 Å². The molecule has 3 aromatic heterocycles. The minimum Gasteiger partial charge on any atom is -0.340 e. The third-order valence-electron chi connectivity index (χ3n) is 8.79. The molecule has 0 N–H and O–H groups in total. The molecule has 9 rings (SSSR count). The summed E-state index contributed by atoms with van der Waals surface area (Å²) in [5.41, 5.74) is 11.0. The van der Waals surface area contributed by atoms with Gasteiger partial charge in [-0.3, -0.25) is 0 Å². The van der Waals surface area contributed by atoms with Gasteiger partial charge in [0.1, 0.15) is 5.82 Å². The van der Waals surface area contributed by atoms with Gasteiger partial charge in [-0.25, -0.2) is 9.97 Å². The van der Waals surface area contributed by atoms with Gasteiger partial charge in [-0.1, -0.05) is 78.9 Å². The third-order valence-corrected chi connectivity index (χ3v) is 8.79. The first-order valence-corrected chi connectivity index (χ1v) is 14.1. The molecule has 40 heavy (non-hydrogen) atoms. The van der Waals surface area contributed by atoms with Crippen LogP contribution in [0.5, 0.6) is 0 Å². The van der Waals surface area contributed by atoms with Crippen molar-refractivity contribution in [3.05, 3.63) is 120 Å². The summed E-state index contributed by atoms with van der Waals surface area (Å²) in [5, 5.41) is 6.39. The number of para-hydroxylation sites is 2. The molecule has 3 heterocycles. The smallest absolute Gasteiger partial charge is 0.149 e. The Morgan fingerprint density at radius 3 is 2.23 bits per heavy atom. The van der Waals surface area contributed by atoms with Crippen molar-refractivity contribution in [2.45, 2.75) is 26.4 Å². The molecule has 0 spiro atoms. The maximum Gasteiger partial charge on any atom is 0.149 e. The van der Waals surface area contributed by atoms with Crippen LogP contribution >= 0.6 is 0 Å². The normalized spacial score (nSPS) is 12.7. The van der Waals surface area contributed by atoms with E-state index in [4.69, 9.17) is 9.97 Å². The lowest BCUT2D eigenvalue weighted by molar-refractivity contribution is 0.802. The minimum absolute atomic E-state index is 0.608. The van der Waals surface area contributed by atoms with Crippen LogP contribution in [-0.2, 0) is 19.5 Å². The Bertz CT molecular complexity index is 2320. The zero-order chi connectivity index (χ0) is 26.4. The Morgan fingerprint density at radius 2 is 1.35 bits per heavy atom. The van der Waals surface area contributed by atoms with Crippen LogP contribution in [-0.4, -0.2) is 19.1 Å². The maximum atomic E-state index is 5.25. The van der Waals surface area contributed by atoms with Crippen molar-refractivity contribution in [2.24, 2.45) is 0 Å². The molecule has 5 aromatic carbocycles. The molecule has 1 aliphatic rings. The van der Waals surface area contributed by atoms with Gasteiger partial charge < -0.3 is 9.13 Å². The average Bonchev–Trinajstić information content (AvgIpc) is 3.49. The van der Waals surface area contributed by atoms with Crippen molar-refractivity contribution in [3.63, 3.8) is 0 Å². The number of rotatable bonds is 3.